The molecule has 0 N–H and O–H groups in total. The van der Waals surface area contributed by atoms with Gasteiger partial charge in [0.25, 0.3) is 0 Å². The zero-order valence-corrected chi connectivity index (χ0v) is 17.5. The van der Waals surface area contributed by atoms with E-state index in [0.29, 0.717) is 24.2 Å². The van der Waals surface area contributed by atoms with Crippen molar-refractivity contribution in [2.24, 2.45) is 5.92 Å². The normalized spacial score (nSPS) is 23.0. The third-order valence-electron chi connectivity index (χ3n) is 6.32. The number of likely N-dealkylation sites (N-methyl/N-ethyl adjacent to an activating group) is 2. The highest BCUT2D eigenvalue weighted by Gasteiger charge is 2.46. The van der Waals surface area contributed by atoms with Crippen LogP contribution in [0.25, 0.3) is 0 Å². The van der Waals surface area contributed by atoms with Gasteiger partial charge in [0.15, 0.2) is 0 Å². The van der Waals surface area contributed by atoms with E-state index in [9.17, 15) is 0 Å². The number of hydrogen-bond donors (Lipinski definition) is 0. The summed E-state index contributed by atoms with van der Waals surface area (Å²) in [5.74, 6) is 0.664. The van der Waals surface area contributed by atoms with E-state index in [1.54, 1.807) is 0 Å². The van der Waals surface area contributed by atoms with Gasteiger partial charge in [-0.1, -0.05) is 100 Å². The molecule has 0 bridgehead atoms. The van der Waals surface area contributed by atoms with Gasteiger partial charge in [0.05, 0.1) is 18.2 Å². The third-order valence-corrected chi connectivity index (χ3v) is 6.32. The van der Waals surface area contributed by atoms with Crippen LogP contribution in [-0.4, -0.2) is 30.1 Å². The molecule has 1 heterocycles. The van der Waals surface area contributed by atoms with Crippen LogP contribution in [0.2, 0.25) is 0 Å². The summed E-state index contributed by atoms with van der Waals surface area (Å²) in [4.78, 5) is 5.25. The Kier molecular flexibility index (Phi) is 7.09. The van der Waals surface area contributed by atoms with E-state index in [1.807, 2.05) is 0 Å². The van der Waals surface area contributed by atoms with Crippen molar-refractivity contribution in [2.75, 3.05) is 14.1 Å². The Hall–Kier alpha value is -1.64. The molecule has 1 fully saturated rings. The highest BCUT2D eigenvalue weighted by atomic mass is 15.4. The molecule has 2 aromatic rings. The van der Waals surface area contributed by atoms with Gasteiger partial charge >= 0.3 is 0 Å². The fraction of sp³-hybridized carbons (Fsp3) is 0.520. The van der Waals surface area contributed by atoms with E-state index in [4.69, 9.17) is 0 Å². The first-order chi connectivity index (χ1) is 13.1. The van der Waals surface area contributed by atoms with Crippen LogP contribution in [0.1, 0.15) is 69.2 Å². The molecule has 0 spiro atoms. The highest BCUT2D eigenvalue weighted by molar-refractivity contribution is 5.30. The summed E-state index contributed by atoms with van der Waals surface area (Å²) >= 11 is 0. The quantitative estimate of drug-likeness (QED) is 0.509. The average Bonchev–Trinajstić information content (AvgIpc) is 2.96. The summed E-state index contributed by atoms with van der Waals surface area (Å²) in [6.45, 7) is 4.73. The van der Waals surface area contributed by atoms with Gasteiger partial charge in [-0.2, -0.15) is 0 Å². The first-order valence-corrected chi connectivity index (χ1v) is 10.7. The van der Waals surface area contributed by atoms with Crippen molar-refractivity contribution in [3.8, 4) is 0 Å². The van der Waals surface area contributed by atoms with Gasteiger partial charge in [-0.25, -0.2) is 0 Å². The Balaban J connectivity index is 1.86. The second-order valence-electron chi connectivity index (χ2n) is 8.28. The summed E-state index contributed by atoms with van der Waals surface area (Å²) in [6.07, 6.45) is 7.17. The molecule has 146 valence electrons. The van der Waals surface area contributed by atoms with Crippen molar-refractivity contribution < 1.29 is 0 Å². The van der Waals surface area contributed by atoms with E-state index >= 15 is 0 Å². The maximum Gasteiger partial charge on any atom is 0.0655 e. The van der Waals surface area contributed by atoms with Gasteiger partial charge in [-0.05, 0) is 37.6 Å². The molecule has 2 heteroatoms. The summed E-state index contributed by atoms with van der Waals surface area (Å²) in [6, 6.07) is 22.9. The van der Waals surface area contributed by atoms with E-state index < -0.39 is 0 Å². The highest BCUT2D eigenvalue weighted by Crippen LogP contribution is 2.47. The molecule has 1 saturated heterocycles. The summed E-state index contributed by atoms with van der Waals surface area (Å²) in [5.41, 5.74) is 2.84. The molecule has 2 aromatic carbocycles. The maximum atomic E-state index is 2.62. The van der Waals surface area contributed by atoms with E-state index in [1.165, 1.54) is 43.2 Å². The predicted molar refractivity (Wildman–Crippen MR) is 116 cm³/mol. The second kappa shape index (κ2) is 9.52. The van der Waals surface area contributed by atoms with Crippen LogP contribution in [0.4, 0.5) is 0 Å². The van der Waals surface area contributed by atoms with Gasteiger partial charge in [0.1, 0.15) is 0 Å². The fourth-order valence-electron chi connectivity index (χ4n) is 5.04. The Morgan fingerprint density at radius 1 is 0.741 bits per heavy atom. The van der Waals surface area contributed by atoms with Gasteiger partial charge in [0, 0.05) is 0 Å². The zero-order valence-electron chi connectivity index (χ0n) is 17.5. The molecule has 0 aliphatic carbocycles. The molecule has 1 aliphatic heterocycles. The molecule has 2 nitrogen and oxygen atoms in total. The topological polar surface area (TPSA) is 6.48 Å². The first-order valence-electron chi connectivity index (χ1n) is 10.7. The number of nitrogens with zero attached hydrogens (tertiary/aromatic N) is 2. The molecule has 0 radical (unpaired) electrons. The number of hydrogen-bond acceptors (Lipinski definition) is 2. The minimum atomic E-state index is 0.390. The smallest absolute Gasteiger partial charge is 0.0655 e. The van der Waals surface area contributed by atoms with Crippen molar-refractivity contribution in [1.82, 2.24) is 9.80 Å². The molecular weight excluding hydrogens is 328 g/mol. The van der Waals surface area contributed by atoms with Crippen LogP contribution in [-0.2, 0) is 0 Å². The standard InChI is InChI=1S/C25H36N2/c1-5-6-7-10-15-20(2)25-26(3)23(21-16-11-8-12-17-21)24(27(25)4)22-18-13-9-14-19-22/h8-9,11-14,16-20,23-25H,5-7,10,15H2,1-4H3/t20-,23+,24+/m1/s1. The monoisotopic (exact) mass is 364 g/mol. The Morgan fingerprint density at radius 3 is 1.67 bits per heavy atom. The van der Waals surface area contributed by atoms with Gasteiger partial charge < -0.3 is 0 Å². The van der Waals surface area contributed by atoms with Crippen molar-refractivity contribution in [2.45, 2.75) is 64.2 Å². The summed E-state index contributed by atoms with van der Waals surface area (Å²) in [7, 11) is 4.65. The molecule has 3 rings (SSSR count). The average molecular weight is 365 g/mol. The second-order valence-corrected chi connectivity index (χ2v) is 8.28. The van der Waals surface area contributed by atoms with E-state index in [0.717, 1.165) is 0 Å². The van der Waals surface area contributed by atoms with Crippen LogP contribution >= 0.6 is 0 Å². The van der Waals surface area contributed by atoms with E-state index in [2.05, 4.69) is 98.4 Å². The lowest BCUT2D eigenvalue weighted by Crippen LogP contribution is -2.40. The molecular formula is C25H36N2. The molecule has 0 unspecified atom stereocenters. The Labute approximate surface area is 166 Å². The van der Waals surface area contributed by atoms with Crippen LogP contribution in [0.5, 0.6) is 0 Å². The van der Waals surface area contributed by atoms with Crippen molar-refractivity contribution in [3.63, 3.8) is 0 Å². The third kappa shape index (κ3) is 4.44. The van der Waals surface area contributed by atoms with Crippen molar-refractivity contribution in [1.29, 1.82) is 0 Å². The van der Waals surface area contributed by atoms with Gasteiger partial charge in [-0.15, -0.1) is 0 Å². The first kappa shape index (κ1) is 20.1. The summed E-state index contributed by atoms with van der Waals surface area (Å²) in [5, 5.41) is 0. The van der Waals surface area contributed by atoms with Crippen LogP contribution < -0.4 is 0 Å². The zero-order chi connectivity index (χ0) is 19.2. The van der Waals surface area contributed by atoms with E-state index in [-0.39, 0.29) is 0 Å². The number of rotatable bonds is 8. The largest absolute Gasteiger partial charge is 0.282 e. The fourth-order valence-corrected chi connectivity index (χ4v) is 5.04. The van der Waals surface area contributed by atoms with Crippen molar-refractivity contribution in [3.05, 3.63) is 71.8 Å². The maximum absolute atomic E-state index is 2.62. The Morgan fingerprint density at radius 2 is 1.22 bits per heavy atom. The van der Waals surface area contributed by atoms with Gasteiger partial charge in [0.2, 0.25) is 0 Å². The van der Waals surface area contributed by atoms with Crippen LogP contribution in [0.3, 0.4) is 0 Å². The Bertz CT molecular complexity index is 618. The SMILES string of the molecule is CCCCCC[C@@H](C)C1N(C)[C@@H](c2ccccc2)[C@H](c2ccccc2)N1C. The number of unbranched alkanes of at least 4 members (excludes halogenated alkanes) is 3. The van der Waals surface area contributed by atoms with Crippen LogP contribution in [0, 0.1) is 5.92 Å². The lowest BCUT2D eigenvalue weighted by molar-refractivity contribution is 0.0992. The minimum Gasteiger partial charge on any atom is -0.282 e. The number of benzene rings is 2. The molecule has 27 heavy (non-hydrogen) atoms. The lowest BCUT2D eigenvalue weighted by atomic mass is 9.93. The van der Waals surface area contributed by atoms with Crippen molar-refractivity contribution >= 4 is 0 Å². The minimum absolute atomic E-state index is 0.390. The molecule has 0 saturated carbocycles. The lowest BCUT2D eigenvalue weighted by Gasteiger charge is -2.32. The molecule has 3 atom stereocenters. The molecule has 0 amide bonds. The summed E-state index contributed by atoms with van der Waals surface area (Å²) < 4.78 is 0. The van der Waals surface area contributed by atoms with Crippen LogP contribution in [0.15, 0.2) is 60.7 Å². The van der Waals surface area contributed by atoms with Gasteiger partial charge in [-0.3, -0.25) is 9.80 Å². The molecule has 1 aliphatic rings. The predicted octanol–water partition coefficient (Wildman–Crippen LogP) is 6.28. The molecule has 0 aromatic heterocycles.